The van der Waals surface area contributed by atoms with Gasteiger partial charge in [0.15, 0.2) is 0 Å². The molecule has 3 aromatic carbocycles. The topological polar surface area (TPSA) is 14.0 Å². The van der Waals surface area contributed by atoms with E-state index in [0.29, 0.717) is 0 Å². The standard InChI is InChI=1S/C23H19NS/c1-3-9-18(10-4-1)15-16-24-21-17-23(19-11-5-2-6-12-19)25-22-14-8-7-13-20(21)22/h1-14,17H,15-16H2/p+1. The lowest BCUT2D eigenvalue weighted by molar-refractivity contribution is -0.498. The zero-order valence-electron chi connectivity index (χ0n) is 14.0. The van der Waals surface area contributed by atoms with Gasteiger partial charge in [0.2, 0.25) is 5.36 Å². The van der Waals surface area contributed by atoms with Crippen molar-refractivity contribution in [3.05, 3.63) is 102 Å². The summed E-state index contributed by atoms with van der Waals surface area (Å²) < 4.78 is 1.31. The van der Waals surface area contributed by atoms with Gasteiger partial charge in [-0.1, -0.05) is 72.8 Å². The molecule has 0 unspecified atom stereocenters. The summed E-state index contributed by atoms with van der Waals surface area (Å²) >= 11 is 1.84. The van der Waals surface area contributed by atoms with Gasteiger partial charge in [-0.15, -0.1) is 11.3 Å². The van der Waals surface area contributed by atoms with Crippen molar-refractivity contribution in [2.24, 2.45) is 0 Å². The van der Waals surface area contributed by atoms with E-state index in [0.717, 1.165) is 13.0 Å². The van der Waals surface area contributed by atoms with Crippen LogP contribution in [0.3, 0.4) is 0 Å². The van der Waals surface area contributed by atoms with Gasteiger partial charge in [0, 0.05) is 22.1 Å². The molecule has 1 N–H and O–H groups in total. The van der Waals surface area contributed by atoms with E-state index in [2.05, 4.69) is 96.0 Å². The lowest BCUT2D eigenvalue weighted by Gasteiger charge is -2.02. The predicted molar refractivity (Wildman–Crippen MR) is 106 cm³/mol. The fraction of sp³-hybridized carbons (Fsp3) is 0.0870. The van der Waals surface area contributed by atoms with Gasteiger partial charge >= 0.3 is 0 Å². The Morgan fingerprint density at radius 1 is 0.720 bits per heavy atom. The molecule has 0 radical (unpaired) electrons. The van der Waals surface area contributed by atoms with Crippen molar-refractivity contribution in [1.82, 2.24) is 0 Å². The first-order valence-corrected chi connectivity index (χ1v) is 9.41. The molecule has 0 saturated carbocycles. The molecular weight excluding hydrogens is 322 g/mol. The Bertz CT molecular complexity index is 1030. The van der Waals surface area contributed by atoms with Crippen LogP contribution < -0.4 is 10.3 Å². The largest absolute Gasteiger partial charge is 0.241 e. The Balaban J connectivity index is 1.75. The van der Waals surface area contributed by atoms with Crippen molar-refractivity contribution in [2.75, 3.05) is 6.54 Å². The molecule has 0 spiro atoms. The molecule has 122 valence electrons. The van der Waals surface area contributed by atoms with Crippen LogP contribution in [0.15, 0.2) is 91.0 Å². The van der Waals surface area contributed by atoms with E-state index in [1.807, 2.05) is 11.3 Å². The summed E-state index contributed by atoms with van der Waals surface area (Å²) in [7, 11) is 0. The van der Waals surface area contributed by atoms with Crippen LogP contribution in [0.5, 0.6) is 0 Å². The van der Waals surface area contributed by atoms with Gasteiger partial charge in [-0.2, -0.15) is 0 Å². The number of nitrogens with one attached hydrogen (secondary N) is 1. The summed E-state index contributed by atoms with van der Waals surface area (Å²) in [4.78, 5) is 4.95. The smallest absolute Gasteiger partial charge is 0.208 e. The number of rotatable bonds is 4. The third kappa shape index (κ3) is 3.70. The van der Waals surface area contributed by atoms with Crippen LogP contribution in [-0.2, 0) is 6.42 Å². The van der Waals surface area contributed by atoms with Gasteiger partial charge in [-0.3, -0.25) is 0 Å². The van der Waals surface area contributed by atoms with E-state index in [4.69, 9.17) is 0 Å². The monoisotopic (exact) mass is 342 g/mol. The molecule has 0 aliphatic rings. The molecule has 4 aromatic rings. The highest BCUT2D eigenvalue weighted by atomic mass is 32.1. The summed E-state index contributed by atoms with van der Waals surface area (Å²) in [5.41, 5.74) is 2.63. The highest BCUT2D eigenvalue weighted by molar-refractivity contribution is 7.21. The molecule has 1 nitrogen and oxygen atoms in total. The third-order valence-electron chi connectivity index (χ3n) is 4.30. The Morgan fingerprint density at radius 2 is 1.40 bits per heavy atom. The van der Waals surface area contributed by atoms with E-state index in [1.165, 1.54) is 31.4 Å². The van der Waals surface area contributed by atoms with Crippen molar-refractivity contribution in [3.63, 3.8) is 0 Å². The average molecular weight is 342 g/mol. The summed E-state index contributed by atoms with van der Waals surface area (Å²) in [6.07, 6.45) is 1.02. The summed E-state index contributed by atoms with van der Waals surface area (Å²) in [5.74, 6) is 0. The van der Waals surface area contributed by atoms with Crippen LogP contribution in [-0.4, -0.2) is 6.54 Å². The quantitative estimate of drug-likeness (QED) is 0.580. The van der Waals surface area contributed by atoms with E-state index < -0.39 is 0 Å². The zero-order chi connectivity index (χ0) is 16.9. The van der Waals surface area contributed by atoms with Gasteiger partial charge in [0.25, 0.3) is 0 Å². The first-order chi connectivity index (χ1) is 12.4. The lowest BCUT2D eigenvalue weighted by atomic mass is 10.1. The molecule has 1 heterocycles. The fourth-order valence-electron chi connectivity index (χ4n) is 3.01. The van der Waals surface area contributed by atoms with E-state index in [-0.39, 0.29) is 0 Å². The number of hydrogen-bond acceptors (Lipinski definition) is 1. The highest BCUT2D eigenvalue weighted by Crippen LogP contribution is 2.27. The fourth-order valence-corrected chi connectivity index (χ4v) is 4.11. The van der Waals surface area contributed by atoms with Crippen LogP contribution in [0.4, 0.5) is 0 Å². The number of fused-ring (bicyclic) bond motifs is 1. The van der Waals surface area contributed by atoms with Crippen molar-refractivity contribution in [2.45, 2.75) is 6.42 Å². The molecule has 2 heteroatoms. The van der Waals surface area contributed by atoms with Gasteiger partial charge in [-0.05, 0) is 23.3 Å². The number of benzene rings is 3. The third-order valence-corrected chi connectivity index (χ3v) is 5.45. The molecule has 0 bridgehead atoms. The summed E-state index contributed by atoms with van der Waals surface area (Å²) in [6, 6.07) is 32.1. The molecule has 0 atom stereocenters. The Labute approximate surface area is 152 Å². The molecule has 0 aliphatic carbocycles. The van der Waals surface area contributed by atoms with Crippen molar-refractivity contribution in [1.29, 1.82) is 0 Å². The molecule has 0 saturated heterocycles. The molecule has 1 aromatic heterocycles. The van der Waals surface area contributed by atoms with Crippen LogP contribution in [0.2, 0.25) is 0 Å². The minimum absolute atomic E-state index is 0.927. The number of hydrogen-bond donors (Lipinski definition) is 1. The second-order valence-electron chi connectivity index (χ2n) is 6.05. The van der Waals surface area contributed by atoms with Gasteiger partial charge in [0.1, 0.15) is 6.54 Å². The minimum Gasteiger partial charge on any atom is -0.241 e. The summed E-state index contributed by atoms with van der Waals surface area (Å²) in [5, 5.41) is 2.50. The lowest BCUT2D eigenvalue weighted by Crippen LogP contribution is -2.77. The SMILES string of the molecule is c1ccc(CC[NH+]=c2cc(-c3ccccc3)sc3ccccc23)cc1. The van der Waals surface area contributed by atoms with E-state index >= 15 is 0 Å². The molecule has 4 rings (SSSR count). The van der Waals surface area contributed by atoms with Gasteiger partial charge in [-0.25, -0.2) is 4.99 Å². The molecule has 0 aliphatic heterocycles. The normalized spacial score (nSPS) is 11.8. The second kappa shape index (κ2) is 7.45. The Kier molecular flexibility index (Phi) is 4.71. The maximum Gasteiger partial charge on any atom is 0.208 e. The Hall–Kier alpha value is -2.71. The van der Waals surface area contributed by atoms with Crippen LogP contribution in [0, 0.1) is 0 Å². The zero-order valence-corrected chi connectivity index (χ0v) is 14.8. The van der Waals surface area contributed by atoms with Crippen LogP contribution in [0.1, 0.15) is 5.56 Å². The van der Waals surface area contributed by atoms with Gasteiger partial charge in [0.05, 0.1) is 5.39 Å². The van der Waals surface area contributed by atoms with Crippen molar-refractivity contribution in [3.8, 4) is 10.4 Å². The molecule has 0 amide bonds. The van der Waals surface area contributed by atoms with E-state index in [9.17, 15) is 0 Å². The predicted octanol–water partition coefficient (Wildman–Crippen LogP) is 3.79. The van der Waals surface area contributed by atoms with Gasteiger partial charge < -0.3 is 0 Å². The van der Waals surface area contributed by atoms with Crippen LogP contribution in [0.25, 0.3) is 20.5 Å². The first-order valence-electron chi connectivity index (χ1n) is 8.59. The maximum absolute atomic E-state index is 3.65. The van der Waals surface area contributed by atoms with Crippen LogP contribution >= 0.6 is 11.3 Å². The molecular formula is C23H20NS+. The molecule has 0 fully saturated rings. The maximum atomic E-state index is 3.65. The average Bonchev–Trinajstić information content (AvgIpc) is 2.69. The second-order valence-corrected chi connectivity index (χ2v) is 7.13. The molecule has 25 heavy (non-hydrogen) atoms. The Morgan fingerprint density at radius 3 is 2.20 bits per heavy atom. The minimum atomic E-state index is 0.927. The first kappa shape index (κ1) is 15.8. The highest BCUT2D eigenvalue weighted by Gasteiger charge is 2.06. The van der Waals surface area contributed by atoms with E-state index in [1.54, 1.807) is 0 Å². The van der Waals surface area contributed by atoms with Crippen molar-refractivity contribution >= 4 is 21.4 Å². The van der Waals surface area contributed by atoms with Crippen molar-refractivity contribution < 1.29 is 4.99 Å². The summed E-state index contributed by atoms with van der Waals surface area (Å²) in [6.45, 7) is 0.927.